The van der Waals surface area contributed by atoms with Gasteiger partial charge in [-0.1, -0.05) is 26.0 Å². The Hall–Kier alpha value is -1.28. The van der Waals surface area contributed by atoms with Crippen LogP contribution in [0.3, 0.4) is 0 Å². The fraction of sp³-hybridized carbons (Fsp3) is 0.556. The van der Waals surface area contributed by atoms with Gasteiger partial charge in [0.25, 0.3) is 0 Å². The summed E-state index contributed by atoms with van der Waals surface area (Å²) >= 11 is 0. The van der Waals surface area contributed by atoms with Crippen LogP contribution in [0.25, 0.3) is 10.9 Å². The molecule has 0 unspecified atom stereocenters. The van der Waals surface area contributed by atoms with Gasteiger partial charge in [0.15, 0.2) is 0 Å². The van der Waals surface area contributed by atoms with Crippen LogP contribution in [0.2, 0.25) is 0 Å². The predicted octanol–water partition coefficient (Wildman–Crippen LogP) is 3.91. The summed E-state index contributed by atoms with van der Waals surface area (Å²) in [6.45, 7) is 8.03. The summed E-state index contributed by atoms with van der Waals surface area (Å²) in [5.41, 5.74) is 4.38. The molecule has 0 amide bonds. The third kappa shape index (κ3) is 2.62. The Morgan fingerprint density at radius 1 is 1.30 bits per heavy atom. The summed E-state index contributed by atoms with van der Waals surface area (Å²) in [6, 6.07) is 7.61. The SMILES string of the molecule is Cc1ccc2c(C(C)(C)CCNC3CC3)cn(C)c2c1. The molecule has 0 spiro atoms. The second-order valence-corrected chi connectivity index (χ2v) is 7.04. The Bertz CT molecular complexity index is 618. The minimum Gasteiger partial charge on any atom is -0.350 e. The van der Waals surface area contributed by atoms with Crippen LogP contribution in [0.1, 0.15) is 44.2 Å². The molecule has 1 aromatic heterocycles. The molecule has 1 N–H and O–H groups in total. The Labute approximate surface area is 122 Å². The van der Waals surface area contributed by atoms with Crippen molar-refractivity contribution in [1.82, 2.24) is 9.88 Å². The van der Waals surface area contributed by atoms with Crippen LogP contribution in [0.4, 0.5) is 0 Å². The first-order valence-corrected chi connectivity index (χ1v) is 7.77. The highest BCUT2D eigenvalue weighted by Crippen LogP contribution is 2.34. The lowest BCUT2D eigenvalue weighted by atomic mass is 9.81. The van der Waals surface area contributed by atoms with Crippen molar-refractivity contribution in [3.8, 4) is 0 Å². The van der Waals surface area contributed by atoms with Gasteiger partial charge in [0, 0.05) is 30.2 Å². The van der Waals surface area contributed by atoms with Crippen molar-refractivity contribution >= 4 is 10.9 Å². The maximum Gasteiger partial charge on any atom is 0.0483 e. The molecule has 0 radical (unpaired) electrons. The van der Waals surface area contributed by atoms with Gasteiger partial charge in [-0.15, -0.1) is 0 Å². The van der Waals surface area contributed by atoms with Gasteiger partial charge < -0.3 is 9.88 Å². The van der Waals surface area contributed by atoms with Gasteiger partial charge in [0.2, 0.25) is 0 Å². The Morgan fingerprint density at radius 2 is 2.05 bits per heavy atom. The number of nitrogens with zero attached hydrogens (tertiary/aromatic N) is 1. The highest BCUT2D eigenvalue weighted by molar-refractivity contribution is 5.85. The van der Waals surface area contributed by atoms with Crippen molar-refractivity contribution in [2.24, 2.45) is 7.05 Å². The van der Waals surface area contributed by atoms with Gasteiger partial charge in [-0.3, -0.25) is 0 Å². The number of fused-ring (bicyclic) bond motifs is 1. The molecule has 1 heterocycles. The second kappa shape index (κ2) is 4.92. The Morgan fingerprint density at radius 3 is 2.75 bits per heavy atom. The Kier molecular flexibility index (Phi) is 3.37. The molecule has 1 aromatic carbocycles. The van der Waals surface area contributed by atoms with E-state index in [1.807, 2.05) is 0 Å². The minimum atomic E-state index is 0.219. The molecule has 108 valence electrons. The molecule has 2 aromatic rings. The van der Waals surface area contributed by atoms with Gasteiger partial charge in [0.05, 0.1) is 0 Å². The number of hydrogen-bond acceptors (Lipinski definition) is 1. The summed E-state index contributed by atoms with van der Waals surface area (Å²) in [5.74, 6) is 0. The smallest absolute Gasteiger partial charge is 0.0483 e. The van der Waals surface area contributed by atoms with Crippen molar-refractivity contribution in [2.45, 2.75) is 51.5 Å². The predicted molar refractivity (Wildman–Crippen MR) is 86.3 cm³/mol. The fourth-order valence-corrected chi connectivity index (χ4v) is 3.04. The number of benzene rings is 1. The molecule has 1 saturated carbocycles. The van der Waals surface area contributed by atoms with E-state index in [0.717, 1.165) is 12.6 Å². The van der Waals surface area contributed by atoms with Gasteiger partial charge in [-0.25, -0.2) is 0 Å². The lowest BCUT2D eigenvalue weighted by Gasteiger charge is -2.24. The molecule has 0 bridgehead atoms. The third-order valence-corrected chi connectivity index (χ3v) is 4.64. The van der Waals surface area contributed by atoms with Crippen LogP contribution in [-0.2, 0) is 12.5 Å². The molecular formula is C18H26N2. The van der Waals surface area contributed by atoms with E-state index in [9.17, 15) is 0 Å². The molecule has 1 aliphatic rings. The highest BCUT2D eigenvalue weighted by Gasteiger charge is 2.26. The van der Waals surface area contributed by atoms with Crippen molar-refractivity contribution in [2.75, 3.05) is 6.54 Å². The normalized spacial score (nSPS) is 16.0. The average molecular weight is 270 g/mol. The summed E-state index contributed by atoms with van der Waals surface area (Å²) in [6.07, 6.45) is 6.25. The molecular weight excluding hydrogens is 244 g/mol. The van der Waals surface area contributed by atoms with E-state index in [2.05, 4.69) is 62.1 Å². The Balaban J connectivity index is 1.87. The monoisotopic (exact) mass is 270 g/mol. The van der Waals surface area contributed by atoms with Crippen molar-refractivity contribution in [3.05, 3.63) is 35.5 Å². The van der Waals surface area contributed by atoms with E-state index in [1.165, 1.54) is 41.3 Å². The first-order valence-electron chi connectivity index (χ1n) is 7.77. The standard InChI is InChI=1S/C18H26N2/c1-13-5-8-15-16(12-20(4)17(15)11-13)18(2,3)9-10-19-14-6-7-14/h5,8,11-12,14,19H,6-7,9-10H2,1-4H3. The molecule has 3 rings (SSSR count). The van der Waals surface area contributed by atoms with Crippen LogP contribution >= 0.6 is 0 Å². The zero-order valence-corrected chi connectivity index (χ0v) is 13.2. The third-order valence-electron chi connectivity index (χ3n) is 4.64. The molecule has 20 heavy (non-hydrogen) atoms. The first kappa shape index (κ1) is 13.7. The zero-order valence-electron chi connectivity index (χ0n) is 13.2. The van der Waals surface area contributed by atoms with E-state index >= 15 is 0 Å². The quantitative estimate of drug-likeness (QED) is 0.871. The maximum atomic E-state index is 3.64. The fourth-order valence-electron chi connectivity index (χ4n) is 3.04. The van der Waals surface area contributed by atoms with E-state index in [4.69, 9.17) is 0 Å². The first-order chi connectivity index (χ1) is 9.47. The lowest BCUT2D eigenvalue weighted by molar-refractivity contribution is 0.458. The molecule has 0 atom stereocenters. The van der Waals surface area contributed by atoms with Gasteiger partial charge >= 0.3 is 0 Å². The number of rotatable bonds is 5. The number of nitrogens with one attached hydrogen (secondary N) is 1. The van der Waals surface area contributed by atoms with E-state index in [-0.39, 0.29) is 5.41 Å². The molecule has 1 fully saturated rings. The summed E-state index contributed by atoms with van der Waals surface area (Å²) < 4.78 is 2.27. The molecule has 0 saturated heterocycles. The van der Waals surface area contributed by atoms with Crippen LogP contribution < -0.4 is 5.32 Å². The number of hydrogen-bond donors (Lipinski definition) is 1. The van der Waals surface area contributed by atoms with E-state index < -0.39 is 0 Å². The van der Waals surface area contributed by atoms with Crippen LogP contribution in [0.15, 0.2) is 24.4 Å². The van der Waals surface area contributed by atoms with E-state index in [1.54, 1.807) is 0 Å². The van der Waals surface area contributed by atoms with Crippen molar-refractivity contribution in [3.63, 3.8) is 0 Å². The summed E-state index contributed by atoms with van der Waals surface area (Å²) in [4.78, 5) is 0. The summed E-state index contributed by atoms with van der Waals surface area (Å²) in [5, 5.41) is 5.05. The van der Waals surface area contributed by atoms with Crippen LogP contribution in [0, 0.1) is 6.92 Å². The summed E-state index contributed by atoms with van der Waals surface area (Å²) in [7, 11) is 2.16. The van der Waals surface area contributed by atoms with Gasteiger partial charge in [-0.05, 0) is 55.3 Å². The van der Waals surface area contributed by atoms with Crippen LogP contribution in [0.5, 0.6) is 0 Å². The van der Waals surface area contributed by atoms with Gasteiger partial charge in [0.1, 0.15) is 0 Å². The topological polar surface area (TPSA) is 17.0 Å². The van der Waals surface area contributed by atoms with E-state index in [0.29, 0.717) is 0 Å². The van der Waals surface area contributed by atoms with Crippen LogP contribution in [-0.4, -0.2) is 17.2 Å². The molecule has 1 aliphatic carbocycles. The number of aryl methyl sites for hydroxylation is 2. The van der Waals surface area contributed by atoms with Crippen molar-refractivity contribution < 1.29 is 0 Å². The average Bonchev–Trinajstić information content (AvgIpc) is 3.14. The van der Waals surface area contributed by atoms with Crippen molar-refractivity contribution in [1.29, 1.82) is 0 Å². The van der Waals surface area contributed by atoms with Gasteiger partial charge in [-0.2, -0.15) is 0 Å². The number of aromatic nitrogens is 1. The molecule has 2 heteroatoms. The lowest BCUT2D eigenvalue weighted by Crippen LogP contribution is -2.26. The second-order valence-electron chi connectivity index (χ2n) is 7.04. The highest BCUT2D eigenvalue weighted by atomic mass is 14.9. The zero-order chi connectivity index (χ0) is 14.3. The minimum absolute atomic E-state index is 0.219. The molecule has 2 nitrogen and oxygen atoms in total. The molecule has 0 aliphatic heterocycles. The maximum absolute atomic E-state index is 3.64. The largest absolute Gasteiger partial charge is 0.350 e.